The highest BCUT2D eigenvalue weighted by atomic mass is 32.2. The molecule has 1 fully saturated rings. The first-order valence-electron chi connectivity index (χ1n) is 17.3. The van der Waals surface area contributed by atoms with Gasteiger partial charge in [0.2, 0.25) is 17.6 Å². The van der Waals surface area contributed by atoms with E-state index in [-0.39, 0.29) is 25.4 Å². The number of nitrogens with one attached hydrogen (secondary N) is 4. The highest BCUT2D eigenvalue weighted by molar-refractivity contribution is 7.84. The SMILES string of the molecule is C#CCCCNC(=O)C(=O)C(CCC#C)NC(=O)[C@@H]1CCCN1C(=O)C(NC(=O)NC(CCC)CS(C)=O)C(C)(C)C.CCC.CCC. The number of rotatable bonds is 16. The number of nitrogens with zero attached hydrogens (tertiary/aromatic N) is 1. The molecule has 0 radical (unpaired) electrons. The van der Waals surface area contributed by atoms with Crippen LogP contribution in [-0.2, 0) is 30.0 Å². The summed E-state index contributed by atoms with van der Waals surface area (Å²) in [5.41, 5.74) is -0.700. The summed E-state index contributed by atoms with van der Waals surface area (Å²) in [4.78, 5) is 66.8. The molecule has 1 aliphatic rings. The van der Waals surface area contributed by atoms with Gasteiger partial charge in [0.1, 0.15) is 12.1 Å². The number of carbonyl (C=O) groups excluding carboxylic acids is 5. The highest BCUT2D eigenvalue weighted by Gasteiger charge is 2.43. The van der Waals surface area contributed by atoms with Crippen molar-refractivity contribution in [3.05, 3.63) is 0 Å². The maximum Gasteiger partial charge on any atom is 0.315 e. The van der Waals surface area contributed by atoms with Crippen LogP contribution in [0.4, 0.5) is 4.79 Å². The first-order valence-corrected chi connectivity index (χ1v) is 19.0. The molecule has 274 valence electrons. The average Bonchev–Trinajstić information content (AvgIpc) is 3.50. The molecule has 4 N–H and O–H groups in total. The van der Waals surface area contributed by atoms with E-state index in [9.17, 15) is 28.2 Å². The first kappa shape index (κ1) is 46.7. The van der Waals surface area contributed by atoms with Gasteiger partial charge in [0, 0.05) is 54.8 Å². The quantitative estimate of drug-likeness (QED) is 0.109. The van der Waals surface area contributed by atoms with E-state index in [1.807, 2.05) is 27.7 Å². The van der Waals surface area contributed by atoms with Crippen LogP contribution < -0.4 is 21.3 Å². The summed E-state index contributed by atoms with van der Waals surface area (Å²) < 4.78 is 11.7. The predicted octanol–water partition coefficient (Wildman–Crippen LogP) is 4.07. The van der Waals surface area contributed by atoms with Gasteiger partial charge in [-0.05, 0) is 37.5 Å². The number of unbranched alkanes of at least 4 members (excludes halogenated alkanes) is 1. The lowest BCUT2D eigenvalue weighted by molar-refractivity contribution is -0.143. The van der Waals surface area contributed by atoms with Gasteiger partial charge >= 0.3 is 6.03 Å². The molecule has 4 unspecified atom stereocenters. The van der Waals surface area contributed by atoms with Crippen LogP contribution in [0.1, 0.15) is 120 Å². The summed E-state index contributed by atoms with van der Waals surface area (Å²) in [5.74, 6) is 2.50. The molecular weight excluding hydrogens is 630 g/mol. The fourth-order valence-corrected chi connectivity index (χ4v) is 5.52. The van der Waals surface area contributed by atoms with Crippen LogP contribution in [0.15, 0.2) is 0 Å². The summed E-state index contributed by atoms with van der Waals surface area (Å²) in [6, 6.07) is -3.87. The lowest BCUT2D eigenvalue weighted by atomic mass is 9.85. The molecule has 0 saturated carbocycles. The Labute approximate surface area is 293 Å². The normalized spacial score (nSPS) is 16.1. The second-order valence-corrected chi connectivity index (χ2v) is 14.5. The van der Waals surface area contributed by atoms with E-state index in [0.717, 1.165) is 6.42 Å². The van der Waals surface area contributed by atoms with Crippen LogP contribution in [0, 0.1) is 30.1 Å². The van der Waals surface area contributed by atoms with Gasteiger partial charge in [-0.1, -0.05) is 74.7 Å². The standard InChI is InChI=1S/C30H47N5O6S.2C3H8/c1-8-11-13-18-31-27(38)24(36)22(16-12-9-2)33-26(37)23-17-14-19-35(23)28(39)25(30(4,5)6)34-29(40)32-21(15-10-3)20-42(7)41;2*1-3-2/h1-2,21-23,25H,10-20H2,3-7H3,(H,31,38)(H,33,37)(H2,32,34,40);2*3H2,1-2H3/t21?,22?,23-,25?,42?;;/m0../s1. The van der Waals surface area contributed by atoms with Crippen molar-refractivity contribution < 1.29 is 28.2 Å². The van der Waals surface area contributed by atoms with Crippen molar-refractivity contribution in [3.8, 4) is 24.7 Å². The number of Topliss-reactive ketones (excluding diaryl/α,β-unsaturated/α-hetero) is 1. The van der Waals surface area contributed by atoms with E-state index in [0.29, 0.717) is 44.4 Å². The lowest BCUT2D eigenvalue weighted by Gasteiger charge is -2.36. The van der Waals surface area contributed by atoms with E-state index in [4.69, 9.17) is 12.8 Å². The van der Waals surface area contributed by atoms with Gasteiger partial charge < -0.3 is 26.2 Å². The van der Waals surface area contributed by atoms with Gasteiger partial charge in [0.05, 0.1) is 6.04 Å². The Morgan fingerprint density at radius 3 is 2.00 bits per heavy atom. The van der Waals surface area contributed by atoms with Crippen molar-refractivity contribution in [1.29, 1.82) is 0 Å². The van der Waals surface area contributed by atoms with Crippen LogP contribution in [0.5, 0.6) is 0 Å². The van der Waals surface area contributed by atoms with Gasteiger partial charge in [-0.3, -0.25) is 23.4 Å². The van der Waals surface area contributed by atoms with Crippen molar-refractivity contribution >= 4 is 40.3 Å². The number of carbonyl (C=O) groups is 5. The maximum atomic E-state index is 13.8. The zero-order valence-corrected chi connectivity index (χ0v) is 31.8. The Balaban J connectivity index is 0. The van der Waals surface area contributed by atoms with E-state index >= 15 is 0 Å². The van der Waals surface area contributed by atoms with Gasteiger partial charge in [-0.15, -0.1) is 24.7 Å². The molecule has 0 aliphatic carbocycles. The van der Waals surface area contributed by atoms with E-state index in [2.05, 4.69) is 60.8 Å². The van der Waals surface area contributed by atoms with Gasteiger partial charge in [-0.25, -0.2) is 4.79 Å². The lowest BCUT2D eigenvalue weighted by Crippen LogP contribution is -2.60. The van der Waals surface area contributed by atoms with Crippen molar-refractivity contribution in [1.82, 2.24) is 26.2 Å². The topological polar surface area (TPSA) is 154 Å². The minimum absolute atomic E-state index is 0.0628. The molecule has 5 atom stereocenters. The monoisotopic (exact) mass is 693 g/mol. The molecule has 1 rings (SSSR count). The Bertz CT molecular complexity index is 1110. The third kappa shape index (κ3) is 19.4. The molecule has 1 saturated heterocycles. The van der Waals surface area contributed by atoms with Crippen molar-refractivity contribution in [2.24, 2.45) is 5.41 Å². The van der Waals surface area contributed by atoms with E-state index in [1.165, 1.54) is 17.7 Å². The van der Waals surface area contributed by atoms with Crippen molar-refractivity contribution in [3.63, 3.8) is 0 Å². The molecule has 0 bridgehead atoms. The summed E-state index contributed by atoms with van der Waals surface area (Å²) >= 11 is 0. The molecule has 0 aromatic heterocycles. The number of ketones is 1. The third-order valence-electron chi connectivity index (χ3n) is 6.85. The first-order chi connectivity index (χ1) is 22.6. The number of amides is 5. The molecule has 5 amide bonds. The number of urea groups is 1. The fraction of sp³-hybridized carbons (Fsp3) is 0.750. The Morgan fingerprint density at radius 1 is 0.917 bits per heavy atom. The van der Waals surface area contributed by atoms with E-state index in [1.54, 1.807) is 6.26 Å². The van der Waals surface area contributed by atoms with Crippen LogP contribution >= 0.6 is 0 Å². The molecule has 0 aromatic carbocycles. The Hall–Kier alpha value is -3.38. The van der Waals surface area contributed by atoms with Crippen LogP contribution in [0.2, 0.25) is 0 Å². The van der Waals surface area contributed by atoms with Crippen LogP contribution in [-0.4, -0.2) is 87.9 Å². The number of hydrogen-bond acceptors (Lipinski definition) is 6. The van der Waals surface area contributed by atoms with Crippen molar-refractivity contribution in [2.45, 2.75) is 144 Å². The van der Waals surface area contributed by atoms with Gasteiger partial charge in [0.15, 0.2) is 0 Å². The van der Waals surface area contributed by atoms with Gasteiger partial charge in [0.25, 0.3) is 5.91 Å². The predicted molar refractivity (Wildman–Crippen MR) is 195 cm³/mol. The summed E-state index contributed by atoms with van der Waals surface area (Å²) in [5, 5.41) is 10.7. The second-order valence-electron chi connectivity index (χ2n) is 13.0. The Kier molecular flexibility index (Phi) is 25.9. The van der Waals surface area contributed by atoms with Crippen LogP contribution in [0.3, 0.4) is 0 Å². The summed E-state index contributed by atoms with van der Waals surface area (Å²) in [6.45, 7) is 16.4. The van der Waals surface area contributed by atoms with Crippen molar-refractivity contribution in [2.75, 3.05) is 25.1 Å². The minimum atomic E-state index is -1.15. The third-order valence-corrected chi connectivity index (χ3v) is 7.72. The molecule has 0 spiro atoms. The zero-order chi connectivity index (χ0) is 37.3. The number of hydrogen-bond donors (Lipinski definition) is 4. The smallest absolute Gasteiger partial charge is 0.315 e. The van der Waals surface area contributed by atoms with Gasteiger partial charge in [-0.2, -0.15) is 0 Å². The summed E-state index contributed by atoms with van der Waals surface area (Å²) in [6.07, 6.45) is 18.1. The maximum absolute atomic E-state index is 13.8. The molecule has 12 heteroatoms. The number of likely N-dealkylation sites (tertiary alicyclic amines) is 1. The summed E-state index contributed by atoms with van der Waals surface area (Å²) in [7, 11) is -1.11. The van der Waals surface area contributed by atoms with E-state index < -0.39 is 63.9 Å². The Morgan fingerprint density at radius 2 is 1.50 bits per heavy atom. The largest absolute Gasteiger partial charge is 0.349 e. The molecular formula is C36H63N5O6S. The minimum Gasteiger partial charge on any atom is -0.349 e. The molecule has 0 aromatic rings. The average molecular weight is 694 g/mol. The fourth-order valence-electron chi connectivity index (χ4n) is 4.71. The number of terminal acetylenes is 2. The molecule has 1 aliphatic heterocycles. The molecule has 11 nitrogen and oxygen atoms in total. The highest BCUT2D eigenvalue weighted by Crippen LogP contribution is 2.26. The molecule has 1 heterocycles. The second kappa shape index (κ2) is 26.6. The van der Waals surface area contributed by atoms with Crippen LogP contribution in [0.25, 0.3) is 0 Å². The zero-order valence-electron chi connectivity index (χ0n) is 31.0. The molecule has 48 heavy (non-hydrogen) atoms.